The number of anilines is 1. The number of imide groups is 2. The smallest absolute Gasteiger partial charge is 0.262 e. The van der Waals surface area contributed by atoms with Gasteiger partial charge in [0, 0.05) is 45.3 Å². The Morgan fingerprint density at radius 3 is 2.47 bits per heavy atom. The molecule has 5 rings (SSSR count). The van der Waals surface area contributed by atoms with Crippen molar-refractivity contribution in [3.05, 3.63) is 58.1 Å². The number of hydrogen-bond acceptors (Lipinski definition) is 7. The van der Waals surface area contributed by atoms with Gasteiger partial charge in [-0.25, -0.2) is 4.39 Å². The van der Waals surface area contributed by atoms with Crippen molar-refractivity contribution in [1.82, 2.24) is 20.1 Å². The molecule has 0 radical (unpaired) electrons. The number of hydrogen-bond donors (Lipinski definition) is 1. The number of amides is 4. The van der Waals surface area contributed by atoms with E-state index in [0.717, 1.165) is 16.7 Å². The highest BCUT2D eigenvalue weighted by molar-refractivity contribution is 6.33. The molecule has 3 aliphatic rings. The molecule has 9 nitrogen and oxygen atoms in total. The summed E-state index contributed by atoms with van der Waals surface area (Å²) in [6, 6.07) is 4.11. The number of benzene rings is 1. The van der Waals surface area contributed by atoms with Gasteiger partial charge in [-0.3, -0.25) is 39.3 Å². The molecule has 176 valence electrons. The van der Waals surface area contributed by atoms with E-state index in [1.165, 1.54) is 6.20 Å². The summed E-state index contributed by atoms with van der Waals surface area (Å²) in [5, 5.41) is 2.47. The van der Waals surface area contributed by atoms with E-state index >= 15 is 0 Å². The van der Waals surface area contributed by atoms with Gasteiger partial charge in [0.2, 0.25) is 11.8 Å². The maximum Gasteiger partial charge on any atom is 0.262 e. The molecule has 2 aromatic rings. The van der Waals surface area contributed by atoms with Crippen LogP contribution in [0.5, 0.6) is 0 Å². The molecule has 0 aliphatic carbocycles. The molecule has 4 amide bonds. The second-order valence-corrected chi connectivity index (χ2v) is 8.95. The standard InChI is InChI=1S/C23H21ClFN5O4/c24-16-10-26-11-17(25)20(16)29-7-5-28(6-8-29)12-13-1-2-14-15(9-13)23(34)30(22(14)33)18-3-4-19(31)27-21(18)32/h1-2,9-11,18H,3-8,12H2,(H,27,31,32). The first-order chi connectivity index (χ1) is 16.3. The van der Waals surface area contributed by atoms with E-state index in [9.17, 15) is 23.6 Å². The van der Waals surface area contributed by atoms with Gasteiger partial charge < -0.3 is 4.90 Å². The van der Waals surface area contributed by atoms with Crippen LogP contribution >= 0.6 is 11.6 Å². The normalized spacial score (nSPS) is 21.2. The van der Waals surface area contributed by atoms with Crippen molar-refractivity contribution in [3.63, 3.8) is 0 Å². The van der Waals surface area contributed by atoms with Crippen LogP contribution in [0.2, 0.25) is 5.02 Å². The molecule has 11 heteroatoms. The molecule has 4 heterocycles. The SMILES string of the molecule is O=C1CCC(N2C(=O)c3ccc(CN4CCN(c5c(F)cncc5Cl)CC4)cc3C2=O)C(=O)N1. The number of piperazine rings is 1. The second-order valence-electron chi connectivity index (χ2n) is 8.54. The minimum atomic E-state index is -0.984. The fourth-order valence-electron chi connectivity index (χ4n) is 4.71. The van der Waals surface area contributed by atoms with Gasteiger partial charge in [-0.05, 0) is 24.1 Å². The fourth-order valence-corrected chi connectivity index (χ4v) is 4.98. The summed E-state index contributed by atoms with van der Waals surface area (Å²) in [5.41, 5.74) is 1.72. The zero-order chi connectivity index (χ0) is 24.0. The van der Waals surface area contributed by atoms with Crippen molar-refractivity contribution in [2.75, 3.05) is 31.1 Å². The van der Waals surface area contributed by atoms with Gasteiger partial charge in [0.05, 0.1) is 28.0 Å². The average molecular weight is 486 g/mol. The monoisotopic (exact) mass is 485 g/mol. The summed E-state index contributed by atoms with van der Waals surface area (Å²) in [6.45, 7) is 3.01. The third-order valence-electron chi connectivity index (χ3n) is 6.43. The van der Waals surface area contributed by atoms with E-state index in [-0.39, 0.29) is 29.0 Å². The molecule has 1 aromatic heterocycles. The van der Waals surface area contributed by atoms with Gasteiger partial charge in [-0.1, -0.05) is 17.7 Å². The number of piperidine rings is 1. The first-order valence-corrected chi connectivity index (χ1v) is 11.3. The molecule has 1 atom stereocenters. The molecule has 3 aliphatic heterocycles. The molecule has 2 fully saturated rings. The van der Waals surface area contributed by atoms with Gasteiger partial charge in [-0.2, -0.15) is 0 Å². The zero-order valence-corrected chi connectivity index (χ0v) is 18.8. The molecule has 1 N–H and O–H groups in total. The Labute approximate surface area is 199 Å². The second kappa shape index (κ2) is 8.77. The van der Waals surface area contributed by atoms with Crippen LogP contribution in [0, 0.1) is 5.82 Å². The first kappa shape index (κ1) is 22.4. The number of nitrogens with zero attached hydrogens (tertiary/aromatic N) is 4. The Hall–Kier alpha value is -3.37. The van der Waals surface area contributed by atoms with Gasteiger partial charge in [0.25, 0.3) is 11.8 Å². The Balaban J connectivity index is 1.26. The summed E-state index contributed by atoms with van der Waals surface area (Å²) in [7, 11) is 0. The predicted octanol–water partition coefficient (Wildman–Crippen LogP) is 1.60. The van der Waals surface area contributed by atoms with E-state index in [1.54, 1.807) is 18.2 Å². The molecule has 0 spiro atoms. The predicted molar refractivity (Wildman–Crippen MR) is 120 cm³/mol. The Bertz CT molecular complexity index is 1190. The topological polar surface area (TPSA) is 103 Å². The number of pyridine rings is 1. The van der Waals surface area contributed by atoms with Crippen LogP contribution in [0.1, 0.15) is 39.1 Å². The van der Waals surface area contributed by atoms with Crippen LogP contribution in [0.25, 0.3) is 0 Å². The Kier molecular flexibility index (Phi) is 5.78. The summed E-state index contributed by atoms with van der Waals surface area (Å²) in [4.78, 5) is 58.3. The van der Waals surface area contributed by atoms with E-state index in [2.05, 4.69) is 15.2 Å². The molecule has 1 unspecified atom stereocenters. The van der Waals surface area contributed by atoms with Gasteiger partial charge in [-0.15, -0.1) is 0 Å². The van der Waals surface area contributed by atoms with E-state index in [4.69, 9.17) is 11.6 Å². The maximum atomic E-state index is 14.2. The van der Waals surface area contributed by atoms with Crippen LogP contribution in [0.3, 0.4) is 0 Å². The minimum Gasteiger partial charge on any atom is -0.365 e. The van der Waals surface area contributed by atoms with E-state index < -0.39 is 35.5 Å². The van der Waals surface area contributed by atoms with Crippen LogP contribution < -0.4 is 10.2 Å². The molecular weight excluding hydrogens is 465 g/mol. The van der Waals surface area contributed by atoms with E-state index in [1.807, 2.05) is 4.90 Å². The van der Waals surface area contributed by atoms with Gasteiger partial charge in [0.15, 0.2) is 5.82 Å². The Morgan fingerprint density at radius 1 is 1.03 bits per heavy atom. The lowest BCUT2D eigenvalue weighted by Gasteiger charge is -2.36. The summed E-state index contributed by atoms with van der Waals surface area (Å²) < 4.78 is 14.2. The van der Waals surface area contributed by atoms with E-state index in [0.29, 0.717) is 38.4 Å². The number of carbonyl (C=O) groups is 4. The highest BCUT2D eigenvalue weighted by atomic mass is 35.5. The molecule has 34 heavy (non-hydrogen) atoms. The van der Waals surface area contributed by atoms with Crippen LogP contribution in [0.15, 0.2) is 30.6 Å². The Morgan fingerprint density at radius 2 is 1.76 bits per heavy atom. The first-order valence-electron chi connectivity index (χ1n) is 10.9. The van der Waals surface area contributed by atoms with Crippen molar-refractivity contribution < 1.29 is 23.6 Å². The van der Waals surface area contributed by atoms with Crippen molar-refractivity contribution in [2.24, 2.45) is 0 Å². The zero-order valence-electron chi connectivity index (χ0n) is 18.1. The highest BCUT2D eigenvalue weighted by Gasteiger charge is 2.44. The lowest BCUT2D eigenvalue weighted by Crippen LogP contribution is -2.54. The van der Waals surface area contributed by atoms with Crippen molar-refractivity contribution >= 4 is 40.9 Å². The summed E-state index contributed by atoms with van der Waals surface area (Å²) in [6.07, 6.45) is 2.77. The van der Waals surface area contributed by atoms with Crippen LogP contribution in [-0.4, -0.2) is 70.6 Å². The largest absolute Gasteiger partial charge is 0.365 e. The third-order valence-corrected chi connectivity index (χ3v) is 6.70. The number of carbonyl (C=O) groups excluding carboxylic acids is 4. The molecule has 1 aromatic carbocycles. The number of rotatable bonds is 4. The minimum absolute atomic E-state index is 0.0790. The summed E-state index contributed by atoms with van der Waals surface area (Å²) >= 11 is 6.13. The lowest BCUT2D eigenvalue weighted by atomic mass is 10.0. The van der Waals surface area contributed by atoms with Crippen molar-refractivity contribution in [1.29, 1.82) is 0 Å². The number of aromatic nitrogens is 1. The maximum absolute atomic E-state index is 14.2. The summed E-state index contributed by atoms with van der Waals surface area (Å²) in [5.74, 6) is -2.54. The number of halogens is 2. The molecule has 0 bridgehead atoms. The molecule has 2 saturated heterocycles. The lowest BCUT2D eigenvalue weighted by molar-refractivity contribution is -0.136. The highest BCUT2D eigenvalue weighted by Crippen LogP contribution is 2.30. The molecular formula is C23H21ClFN5O4. The number of nitrogens with one attached hydrogen (secondary N) is 1. The van der Waals surface area contributed by atoms with Gasteiger partial charge in [0.1, 0.15) is 6.04 Å². The van der Waals surface area contributed by atoms with Crippen molar-refractivity contribution in [3.8, 4) is 0 Å². The van der Waals surface area contributed by atoms with Crippen LogP contribution in [-0.2, 0) is 16.1 Å². The quantitative estimate of drug-likeness (QED) is 0.656. The molecule has 0 saturated carbocycles. The third kappa shape index (κ3) is 3.92. The van der Waals surface area contributed by atoms with Gasteiger partial charge >= 0.3 is 0 Å². The van der Waals surface area contributed by atoms with Crippen LogP contribution in [0.4, 0.5) is 10.1 Å². The average Bonchev–Trinajstić information content (AvgIpc) is 3.05. The fraction of sp³-hybridized carbons (Fsp3) is 0.348. The number of fused-ring (bicyclic) bond motifs is 1. The van der Waals surface area contributed by atoms with Crippen molar-refractivity contribution in [2.45, 2.75) is 25.4 Å².